The van der Waals surface area contributed by atoms with Gasteiger partial charge in [-0.1, -0.05) is 24.6 Å². The van der Waals surface area contributed by atoms with Gasteiger partial charge in [-0.05, 0) is 31.0 Å². The lowest BCUT2D eigenvalue weighted by Crippen LogP contribution is -2.13. The third kappa shape index (κ3) is 4.96. The van der Waals surface area contributed by atoms with Crippen molar-refractivity contribution in [3.8, 4) is 0 Å². The fourth-order valence-electron chi connectivity index (χ4n) is 1.43. The largest absolute Gasteiger partial charge is 0.384 e. The standard InChI is InChI=1S/C12H18ClNO2S/c1-3-17(15,16)8-4-7-14-12-9-10(2)5-6-11(12)13/h5-6,9,14H,3-4,7-8H2,1-2H3. The number of benzene rings is 1. The second-order valence-corrected chi connectivity index (χ2v) is 6.88. The monoisotopic (exact) mass is 275 g/mol. The van der Waals surface area contributed by atoms with Crippen LogP contribution in [0.15, 0.2) is 18.2 Å². The Labute approximate surface area is 108 Å². The number of anilines is 1. The van der Waals surface area contributed by atoms with E-state index in [0.717, 1.165) is 11.3 Å². The molecule has 0 spiro atoms. The van der Waals surface area contributed by atoms with E-state index < -0.39 is 9.84 Å². The molecule has 0 unspecified atom stereocenters. The third-order valence-electron chi connectivity index (χ3n) is 2.51. The Morgan fingerprint density at radius 3 is 2.71 bits per heavy atom. The average molecular weight is 276 g/mol. The molecule has 1 aromatic carbocycles. The van der Waals surface area contributed by atoms with Gasteiger partial charge in [0.1, 0.15) is 9.84 Å². The van der Waals surface area contributed by atoms with E-state index in [-0.39, 0.29) is 11.5 Å². The molecule has 1 aromatic rings. The first-order chi connectivity index (χ1) is 7.94. The van der Waals surface area contributed by atoms with E-state index in [0.29, 0.717) is 18.0 Å². The summed E-state index contributed by atoms with van der Waals surface area (Å²) in [5.74, 6) is 0.429. The molecule has 0 aliphatic carbocycles. The lowest BCUT2D eigenvalue weighted by molar-refractivity contribution is 0.595. The topological polar surface area (TPSA) is 46.2 Å². The summed E-state index contributed by atoms with van der Waals surface area (Å²) >= 11 is 6.01. The van der Waals surface area contributed by atoms with E-state index in [4.69, 9.17) is 11.6 Å². The summed E-state index contributed by atoms with van der Waals surface area (Å²) in [5, 5.41) is 3.82. The summed E-state index contributed by atoms with van der Waals surface area (Å²) < 4.78 is 22.6. The van der Waals surface area contributed by atoms with E-state index in [2.05, 4.69) is 5.32 Å². The second-order valence-electron chi connectivity index (χ2n) is 4.00. The fraction of sp³-hybridized carbons (Fsp3) is 0.500. The van der Waals surface area contributed by atoms with E-state index in [1.165, 1.54) is 0 Å². The van der Waals surface area contributed by atoms with Gasteiger partial charge in [0.05, 0.1) is 16.5 Å². The van der Waals surface area contributed by atoms with Crippen LogP contribution < -0.4 is 5.32 Å². The van der Waals surface area contributed by atoms with Gasteiger partial charge in [0, 0.05) is 12.3 Å². The van der Waals surface area contributed by atoms with Gasteiger partial charge < -0.3 is 5.32 Å². The molecule has 0 aliphatic rings. The van der Waals surface area contributed by atoms with E-state index >= 15 is 0 Å². The molecular formula is C12H18ClNO2S. The SMILES string of the molecule is CCS(=O)(=O)CCCNc1cc(C)ccc1Cl. The van der Waals surface area contributed by atoms with Crippen LogP contribution in [0, 0.1) is 6.92 Å². The van der Waals surface area contributed by atoms with Crippen LogP contribution in [0.4, 0.5) is 5.69 Å². The van der Waals surface area contributed by atoms with Crippen LogP contribution in [-0.2, 0) is 9.84 Å². The smallest absolute Gasteiger partial charge is 0.150 e. The van der Waals surface area contributed by atoms with Crippen molar-refractivity contribution in [1.82, 2.24) is 0 Å². The van der Waals surface area contributed by atoms with Crippen LogP contribution in [0.1, 0.15) is 18.9 Å². The highest BCUT2D eigenvalue weighted by molar-refractivity contribution is 7.91. The van der Waals surface area contributed by atoms with E-state index in [1.54, 1.807) is 6.92 Å². The Hall–Kier alpha value is -0.740. The number of hydrogen-bond donors (Lipinski definition) is 1. The van der Waals surface area contributed by atoms with Gasteiger partial charge in [-0.3, -0.25) is 0 Å². The summed E-state index contributed by atoms with van der Waals surface area (Å²) in [6.07, 6.45) is 0.598. The average Bonchev–Trinajstić information content (AvgIpc) is 2.29. The van der Waals surface area contributed by atoms with Crippen molar-refractivity contribution in [2.75, 3.05) is 23.4 Å². The maximum absolute atomic E-state index is 11.3. The van der Waals surface area contributed by atoms with Gasteiger partial charge in [0.25, 0.3) is 0 Å². The number of rotatable bonds is 6. The van der Waals surface area contributed by atoms with Crippen LogP contribution >= 0.6 is 11.6 Å². The van der Waals surface area contributed by atoms with Crippen molar-refractivity contribution < 1.29 is 8.42 Å². The molecule has 0 saturated carbocycles. The first-order valence-electron chi connectivity index (χ1n) is 5.65. The molecule has 0 saturated heterocycles. The predicted molar refractivity (Wildman–Crippen MR) is 73.6 cm³/mol. The number of halogens is 1. The maximum Gasteiger partial charge on any atom is 0.150 e. The van der Waals surface area contributed by atoms with Crippen LogP contribution in [0.3, 0.4) is 0 Å². The quantitative estimate of drug-likeness (QED) is 0.812. The summed E-state index contributed by atoms with van der Waals surface area (Å²) in [4.78, 5) is 0. The van der Waals surface area contributed by atoms with Crippen LogP contribution in [0.25, 0.3) is 0 Å². The fourth-order valence-corrected chi connectivity index (χ4v) is 2.49. The summed E-state index contributed by atoms with van der Waals surface area (Å²) in [6, 6.07) is 5.73. The lowest BCUT2D eigenvalue weighted by atomic mass is 10.2. The van der Waals surface area contributed by atoms with Crippen LogP contribution in [0.2, 0.25) is 5.02 Å². The van der Waals surface area contributed by atoms with Crippen LogP contribution in [-0.4, -0.2) is 26.5 Å². The first-order valence-corrected chi connectivity index (χ1v) is 7.85. The van der Waals surface area contributed by atoms with Gasteiger partial charge >= 0.3 is 0 Å². The van der Waals surface area contributed by atoms with Crippen molar-refractivity contribution in [2.45, 2.75) is 20.3 Å². The molecule has 0 atom stereocenters. The summed E-state index contributed by atoms with van der Waals surface area (Å²) in [6.45, 7) is 4.27. The lowest BCUT2D eigenvalue weighted by Gasteiger charge is -2.09. The minimum atomic E-state index is -2.87. The molecule has 0 aliphatic heterocycles. The van der Waals surface area contributed by atoms with Crippen LogP contribution in [0.5, 0.6) is 0 Å². The molecule has 17 heavy (non-hydrogen) atoms. The van der Waals surface area contributed by atoms with Gasteiger partial charge in [-0.2, -0.15) is 0 Å². The Morgan fingerprint density at radius 1 is 1.35 bits per heavy atom. The molecule has 5 heteroatoms. The molecule has 3 nitrogen and oxygen atoms in total. The number of nitrogens with one attached hydrogen (secondary N) is 1. The highest BCUT2D eigenvalue weighted by Crippen LogP contribution is 2.22. The van der Waals surface area contributed by atoms with E-state index in [9.17, 15) is 8.42 Å². The molecule has 0 heterocycles. The molecule has 0 bridgehead atoms. The van der Waals surface area contributed by atoms with Crippen molar-refractivity contribution in [2.24, 2.45) is 0 Å². The Kier molecular flexibility index (Phi) is 5.28. The molecule has 1 N–H and O–H groups in total. The van der Waals surface area contributed by atoms with E-state index in [1.807, 2.05) is 25.1 Å². The molecule has 1 rings (SSSR count). The Bertz CT molecular complexity index is 471. The predicted octanol–water partition coefficient (Wildman–Crippen LogP) is 2.89. The zero-order chi connectivity index (χ0) is 12.9. The van der Waals surface area contributed by atoms with Crippen molar-refractivity contribution in [3.63, 3.8) is 0 Å². The zero-order valence-corrected chi connectivity index (χ0v) is 11.7. The highest BCUT2D eigenvalue weighted by Gasteiger charge is 2.06. The molecule has 0 radical (unpaired) electrons. The normalized spacial score (nSPS) is 11.5. The molecular weight excluding hydrogens is 258 g/mol. The van der Waals surface area contributed by atoms with Gasteiger partial charge in [0.2, 0.25) is 0 Å². The minimum Gasteiger partial charge on any atom is -0.384 e. The Morgan fingerprint density at radius 2 is 2.06 bits per heavy atom. The molecule has 0 fully saturated rings. The van der Waals surface area contributed by atoms with Gasteiger partial charge in [-0.25, -0.2) is 8.42 Å². The van der Waals surface area contributed by atoms with Gasteiger partial charge in [-0.15, -0.1) is 0 Å². The number of hydrogen-bond acceptors (Lipinski definition) is 3. The molecule has 0 amide bonds. The zero-order valence-electron chi connectivity index (χ0n) is 10.2. The first kappa shape index (κ1) is 14.3. The second kappa shape index (κ2) is 6.26. The third-order valence-corrected chi connectivity index (χ3v) is 4.63. The van der Waals surface area contributed by atoms with Crippen molar-refractivity contribution in [1.29, 1.82) is 0 Å². The van der Waals surface area contributed by atoms with Crippen molar-refractivity contribution >= 4 is 27.1 Å². The summed E-state index contributed by atoms with van der Waals surface area (Å²) in [7, 11) is -2.87. The molecule has 96 valence electrons. The van der Waals surface area contributed by atoms with Gasteiger partial charge in [0.15, 0.2) is 0 Å². The highest BCUT2D eigenvalue weighted by atomic mass is 35.5. The number of aryl methyl sites for hydroxylation is 1. The van der Waals surface area contributed by atoms with Crippen molar-refractivity contribution in [3.05, 3.63) is 28.8 Å². The number of sulfone groups is 1. The maximum atomic E-state index is 11.3. The molecule has 0 aromatic heterocycles. The minimum absolute atomic E-state index is 0.207. The Balaban J connectivity index is 2.44. The summed E-state index contributed by atoms with van der Waals surface area (Å²) in [5.41, 5.74) is 1.98.